The highest BCUT2D eigenvalue weighted by molar-refractivity contribution is 5.48. The second-order valence-corrected chi connectivity index (χ2v) is 6.55. The highest BCUT2D eigenvalue weighted by Crippen LogP contribution is 2.21. The number of ether oxygens (including phenoxy) is 1. The van der Waals surface area contributed by atoms with E-state index in [0.717, 1.165) is 74.8 Å². The maximum Gasteiger partial charge on any atom is 0.255 e. The standard InChI is InChI=1S/C18H23N5O2/c1-25-16-7-6-13(12-19-16)22-8-10-23(11-9-22)18-20-15-5-3-2-4-14(15)17(24)21-18/h6-7,12H,2-5,8-11H2,1H3,(H,20,21,24). The Labute approximate surface area is 146 Å². The third-order valence-corrected chi connectivity index (χ3v) is 5.05. The van der Waals surface area contributed by atoms with Crippen molar-refractivity contribution < 1.29 is 4.74 Å². The van der Waals surface area contributed by atoms with Crippen molar-refractivity contribution in [1.29, 1.82) is 0 Å². The number of nitrogens with one attached hydrogen (secondary N) is 1. The van der Waals surface area contributed by atoms with Gasteiger partial charge in [0.25, 0.3) is 5.56 Å². The van der Waals surface area contributed by atoms with Crippen molar-refractivity contribution in [2.24, 2.45) is 0 Å². The van der Waals surface area contributed by atoms with E-state index in [4.69, 9.17) is 9.72 Å². The molecule has 7 heteroatoms. The fourth-order valence-corrected chi connectivity index (χ4v) is 3.60. The van der Waals surface area contributed by atoms with Crippen molar-refractivity contribution in [3.8, 4) is 5.88 Å². The molecule has 2 aliphatic rings. The van der Waals surface area contributed by atoms with Gasteiger partial charge in [-0.2, -0.15) is 0 Å². The summed E-state index contributed by atoms with van der Waals surface area (Å²) in [5.74, 6) is 1.34. The lowest BCUT2D eigenvalue weighted by atomic mass is 9.97. The van der Waals surface area contributed by atoms with Crippen molar-refractivity contribution in [2.45, 2.75) is 25.7 Å². The zero-order valence-electron chi connectivity index (χ0n) is 14.5. The van der Waals surface area contributed by atoms with Crippen LogP contribution in [0.4, 0.5) is 11.6 Å². The van der Waals surface area contributed by atoms with Crippen LogP contribution in [0.25, 0.3) is 0 Å². The van der Waals surface area contributed by atoms with Crippen LogP contribution in [0.1, 0.15) is 24.1 Å². The van der Waals surface area contributed by atoms with Gasteiger partial charge in [-0.05, 0) is 31.7 Å². The first-order valence-electron chi connectivity index (χ1n) is 8.86. The van der Waals surface area contributed by atoms with Crippen molar-refractivity contribution in [2.75, 3.05) is 43.1 Å². The highest BCUT2D eigenvalue weighted by Gasteiger charge is 2.22. The summed E-state index contributed by atoms with van der Waals surface area (Å²) >= 11 is 0. The molecule has 7 nitrogen and oxygen atoms in total. The molecule has 1 aliphatic heterocycles. The topological polar surface area (TPSA) is 74.3 Å². The van der Waals surface area contributed by atoms with Crippen molar-refractivity contribution in [3.63, 3.8) is 0 Å². The van der Waals surface area contributed by atoms with Crippen LogP contribution in [0, 0.1) is 0 Å². The average Bonchev–Trinajstić information content (AvgIpc) is 2.68. The number of pyridine rings is 1. The van der Waals surface area contributed by atoms with Gasteiger partial charge < -0.3 is 14.5 Å². The van der Waals surface area contributed by atoms with Gasteiger partial charge in [-0.3, -0.25) is 9.78 Å². The Morgan fingerprint density at radius 2 is 1.84 bits per heavy atom. The van der Waals surface area contributed by atoms with E-state index in [2.05, 4.69) is 19.8 Å². The molecule has 0 radical (unpaired) electrons. The van der Waals surface area contributed by atoms with Gasteiger partial charge in [-0.25, -0.2) is 9.97 Å². The van der Waals surface area contributed by atoms with E-state index < -0.39 is 0 Å². The van der Waals surface area contributed by atoms with Crippen LogP contribution in [0.15, 0.2) is 23.1 Å². The highest BCUT2D eigenvalue weighted by atomic mass is 16.5. The van der Waals surface area contributed by atoms with E-state index in [1.165, 1.54) is 0 Å². The summed E-state index contributed by atoms with van der Waals surface area (Å²) in [5.41, 5.74) is 3.01. The lowest BCUT2D eigenvalue weighted by Gasteiger charge is -2.36. The summed E-state index contributed by atoms with van der Waals surface area (Å²) in [6.07, 6.45) is 5.83. The largest absolute Gasteiger partial charge is 0.481 e. The Kier molecular flexibility index (Phi) is 4.29. The van der Waals surface area contributed by atoms with Crippen molar-refractivity contribution in [1.82, 2.24) is 15.0 Å². The van der Waals surface area contributed by atoms with E-state index in [-0.39, 0.29) is 5.56 Å². The molecule has 0 unspecified atom stereocenters. The Morgan fingerprint density at radius 3 is 2.56 bits per heavy atom. The molecule has 132 valence electrons. The average molecular weight is 341 g/mol. The lowest BCUT2D eigenvalue weighted by molar-refractivity contribution is 0.398. The second kappa shape index (κ2) is 6.74. The van der Waals surface area contributed by atoms with Crippen LogP contribution >= 0.6 is 0 Å². The minimum atomic E-state index is 0.0430. The molecule has 1 N–H and O–H groups in total. The van der Waals surface area contributed by atoms with E-state index in [1.807, 2.05) is 18.3 Å². The van der Waals surface area contributed by atoms with E-state index in [0.29, 0.717) is 5.88 Å². The molecular weight excluding hydrogens is 318 g/mol. The van der Waals surface area contributed by atoms with Gasteiger partial charge in [-0.15, -0.1) is 0 Å². The number of methoxy groups -OCH3 is 1. The summed E-state index contributed by atoms with van der Waals surface area (Å²) in [7, 11) is 1.62. The summed E-state index contributed by atoms with van der Waals surface area (Å²) in [4.78, 5) is 28.8. The van der Waals surface area contributed by atoms with Gasteiger partial charge in [0.05, 0.1) is 24.7 Å². The molecule has 0 saturated carbocycles. The number of hydrogen-bond donors (Lipinski definition) is 1. The first-order chi connectivity index (χ1) is 12.2. The number of H-pyrrole nitrogens is 1. The number of rotatable bonds is 3. The zero-order chi connectivity index (χ0) is 17.2. The van der Waals surface area contributed by atoms with E-state index >= 15 is 0 Å². The Bertz CT molecular complexity index is 794. The molecular formula is C18H23N5O2. The minimum Gasteiger partial charge on any atom is -0.481 e. The molecule has 3 heterocycles. The van der Waals surface area contributed by atoms with Crippen molar-refractivity contribution in [3.05, 3.63) is 39.9 Å². The molecule has 0 atom stereocenters. The first kappa shape index (κ1) is 15.9. The van der Waals surface area contributed by atoms with Crippen molar-refractivity contribution >= 4 is 11.6 Å². The van der Waals surface area contributed by atoms with E-state index in [9.17, 15) is 4.79 Å². The van der Waals surface area contributed by atoms with Gasteiger partial charge in [0.1, 0.15) is 0 Å². The molecule has 0 spiro atoms. The number of aromatic amines is 1. The third kappa shape index (κ3) is 3.18. The molecule has 1 fully saturated rings. The molecule has 25 heavy (non-hydrogen) atoms. The van der Waals surface area contributed by atoms with E-state index in [1.54, 1.807) is 7.11 Å². The minimum absolute atomic E-state index is 0.0430. The number of aromatic nitrogens is 3. The van der Waals surface area contributed by atoms with Gasteiger partial charge in [0.2, 0.25) is 11.8 Å². The molecule has 0 bridgehead atoms. The monoisotopic (exact) mass is 341 g/mol. The Morgan fingerprint density at radius 1 is 1.08 bits per heavy atom. The molecule has 1 aliphatic carbocycles. The second-order valence-electron chi connectivity index (χ2n) is 6.55. The van der Waals surface area contributed by atoms with Crippen LogP contribution in [-0.4, -0.2) is 48.2 Å². The van der Waals surface area contributed by atoms with Gasteiger partial charge in [0.15, 0.2) is 0 Å². The molecule has 4 rings (SSSR count). The summed E-state index contributed by atoms with van der Waals surface area (Å²) in [5, 5.41) is 0. The number of fused-ring (bicyclic) bond motifs is 1. The molecule has 1 saturated heterocycles. The third-order valence-electron chi connectivity index (χ3n) is 5.05. The predicted molar refractivity (Wildman–Crippen MR) is 96.7 cm³/mol. The van der Waals surface area contributed by atoms with Crippen LogP contribution in [0.5, 0.6) is 5.88 Å². The zero-order valence-corrected chi connectivity index (χ0v) is 14.5. The molecule has 0 amide bonds. The van der Waals surface area contributed by atoms with Gasteiger partial charge in [0, 0.05) is 37.8 Å². The van der Waals surface area contributed by atoms with Gasteiger partial charge >= 0.3 is 0 Å². The Balaban J connectivity index is 1.46. The molecule has 2 aromatic heterocycles. The molecule has 0 aromatic carbocycles. The van der Waals surface area contributed by atoms with Crippen LogP contribution in [0.2, 0.25) is 0 Å². The lowest BCUT2D eigenvalue weighted by Crippen LogP contribution is -2.47. The fraction of sp³-hybridized carbons (Fsp3) is 0.500. The smallest absolute Gasteiger partial charge is 0.255 e. The summed E-state index contributed by atoms with van der Waals surface area (Å²) in [6, 6.07) is 3.91. The van der Waals surface area contributed by atoms with Crippen LogP contribution in [0.3, 0.4) is 0 Å². The predicted octanol–water partition coefficient (Wildman–Crippen LogP) is 1.38. The number of hydrogen-bond acceptors (Lipinski definition) is 6. The number of nitrogens with zero attached hydrogens (tertiary/aromatic N) is 4. The molecule has 2 aromatic rings. The fourth-order valence-electron chi connectivity index (χ4n) is 3.60. The number of aryl methyl sites for hydroxylation is 1. The SMILES string of the molecule is COc1ccc(N2CCN(c3nc4c(c(=O)[nH]3)CCCC4)CC2)cn1. The first-order valence-corrected chi connectivity index (χ1v) is 8.86. The summed E-state index contributed by atoms with van der Waals surface area (Å²) < 4.78 is 5.11. The maximum atomic E-state index is 12.3. The van der Waals surface area contributed by atoms with Gasteiger partial charge in [-0.1, -0.05) is 0 Å². The number of piperazine rings is 1. The summed E-state index contributed by atoms with van der Waals surface area (Å²) in [6.45, 7) is 3.39. The quantitative estimate of drug-likeness (QED) is 0.909. The Hall–Kier alpha value is -2.57. The van der Waals surface area contributed by atoms with Crippen LogP contribution in [-0.2, 0) is 12.8 Å². The normalized spacial score (nSPS) is 17.3. The maximum absolute atomic E-state index is 12.3. The number of anilines is 2. The van der Waals surface area contributed by atoms with Crippen LogP contribution < -0.4 is 20.1 Å².